The molecule has 2 aromatic rings. The van der Waals surface area contributed by atoms with Gasteiger partial charge in [-0.1, -0.05) is 13.3 Å². The minimum Gasteiger partial charge on any atom is -0.453 e. The van der Waals surface area contributed by atoms with E-state index in [4.69, 9.17) is 4.74 Å². The number of unbranched alkanes of at least 4 members (excludes halogenated alkanes) is 1. The molecule has 1 aromatic carbocycles. The molecule has 0 spiro atoms. The number of ether oxygens (including phenoxy) is 1. The van der Waals surface area contributed by atoms with Crippen LogP contribution in [0.4, 0.5) is 5.82 Å². The SMILES string of the molecule is CCCCN1C(=O)c2cc(S(C)(=O)=O)ccc2Oc2cccnc21. The molecule has 7 heteroatoms. The first kappa shape index (κ1) is 16.4. The van der Waals surface area contributed by atoms with Crippen LogP contribution in [0.1, 0.15) is 30.1 Å². The van der Waals surface area contributed by atoms with E-state index in [0.717, 1.165) is 19.1 Å². The Morgan fingerprint density at radius 3 is 2.71 bits per heavy atom. The van der Waals surface area contributed by atoms with Crippen LogP contribution in [-0.2, 0) is 9.84 Å². The zero-order chi connectivity index (χ0) is 17.3. The Morgan fingerprint density at radius 1 is 1.21 bits per heavy atom. The second kappa shape index (κ2) is 6.24. The zero-order valence-electron chi connectivity index (χ0n) is 13.5. The van der Waals surface area contributed by atoms with Gasteiger partial charge < -0.3 is 4.74 Å². The molecule has 1 aromatic heterocycles. The molecule has 0 atom stereocenters. The van der Waals surface area contributed by atoms with Crippen LogP contribution in [0.15, 0.2) is 41.4 Å². The van der Waals surface area contributed by atoms with Gasteiger partial charge in [0.2, 0.25) is 0 Å². The van der Waals surface area contributed by atoms with Crippen molar-refractivity contribution in [1.82, 2.24) is 4.98 Å². The van der Waals surface area contributed by atoms with Gasteiger partial charge >= 0.3 is 0 Å². The fraction of sp³-hybridized carbons (Fsp3) is 0.294. The van der Waals surface area contributed by atoms with Crippen LogP contribution in [0.25, 0.3) is 0 Å². The molecule has 0 saturated carbocycles. The average molecular weight is 346 g/mol. The topological polar surface area (TPSA) is 76.6 Å². The third-order valence-electron chi connectivity index (χ3n) is 3.82. The number of fused-ring (bicyclic) bond motifs is 2. The monoisotopic (exact) mass is 346 g/mol. The molecule has 0 aliphatic carbocycles. The predicted molar refractivity (Wildman–Crippen MR) is 90.4 cm³/mol. The maximum Gasteiger partial charge on any atom is 0.263 e. The van der Waals surface area contributed by atoms with Gasteiger partial charge in [0.1, 0.15) is 5.75 Å². The Kier molecular flexibility index (Phi) is 4.28. The summed E-state index contributed by atoms with van der Waals surface area (Å²) in [4.78, 5) is 18.9. The summed E-state index contributed by atoms with van der Waals surface area (Å²) in [5, 5.41) is 0. The van der Waals surface area contributed by atoms with Crippen molar-refractivity contribution >= 4 is 21.6 Å². The highest BCUT2D eigenvalue weighted by atomic mass is 32.2. The van der Waals surface area contributed by atoms with Crippen molar-refractivity contribution in [3.05, 3.63) is 42.1 Å². The van der Waals surface area contributed by atoms with E-state index in [9.17, 15) is 13.2 Å². The van der Waals surface area contributed by atoms with Crippen LogP contribution in [0.2, 0.25) is 0 Å². The van der Waals surface area contributed by atoms with Crippen LogP contribution in [-0.4, -0.2) is 32.1 Å². The van der Waals surface area contributed by atoms with Crippen molar-refractivity contribution in [1.29, 1.82) is 0 Å². The lowest BCUT2D eigenvalue weighted by atomic mass is 10.1. The van der Waals surface area contributed by atoms with Gasteiger partial charge in [0.15, 0.2) is 21.4 Å². The highest BCUT2D eigenvalue weighted by Gasteiger charge is 2.29. The van der Waals surface area contributed by atoms with Gasteiger partial charge in [-0.05, 0) is 36.8 Å². The van der Waals surface area contributed by atoms with Crippen LogP contribution in [0.3, 0.4) is 0 Å². The molecule has 0 N–H and O–H groups in total. The largest absolute Gasteiger partial charge is 0.453 e. The molecule has 1 aliphatic heterocycles. The van der Waals surface area contributed by atoms with E-state index in [1.54, 1.807) is 23.2 Å². The van der Waals surface area contributed by atoms with Crippen molar-refractivity contribution < 1.29 is 17.9 Å². The highest BCUT2D eigenvalue weighted by molar-refractivity contribution is 7.90. The normalized spacial score (nSPS) is 13.8. The number of aromatic nitrogens is 1. The summed E-state index contributed by atoms with van der Waals surface area (Å²) in [7, 11) is -3.42. The molecule has 1 aliphatic rings. The van der Waals surface area contributed by atoms with E-state index in [1.807, 2.05) is 6.92 Å². The molecule has 0 fully saturated rings. The molecule has 0 bridgehead atoms. The minimum absolute atomic E-state index is 0.0903. The third kappa shape index (κ3) is 2.99. The molecule has 2 heterocycles. The van der Waals surface area contributed by atoms with E-state index in [-0.39, 0.29) is 16.4 Å². The lowest BCUT2D eigenvalue weighted by Gasteiger charge is -2.20. The van der Waals surface area contributed by atoms with Gasteiger partial charge in [0.25, 0.3) is 5.91 Å². The summed E-state index contributed by atoms with van der Waals surface area (Å²) in [6.45, 7) is 2.53. The number of rotatable bonds is 4. The van der Waals surface area contributed by atoms with Crippen molar-refractivity contribution in [2.75, 3.05) is 17.7 Å². The number of nitrogens with zero attached hydrogens (tertiary/aromatic N) is 2. The molecule has 126 valence electrons. The van der Waals surface area contributed by atoms with Gasteiger partial charge in [0.05, 0.1) is 10.5 Å². The Labute approximate surface area is 141 Å². The first-order valence-corrected chi connectivity index (χ1v) is 9.60. The number of hydrogen-bond acceptors (Lipinski definition) is 5. The smallest absolute Gasteiger partial charge is 0.263 e. The highest BCUT2D eigenvalue weighted by Crippen LogP contribution is 2.38. The van der Waals surface area contributed by atoms with Gasteiger partial charge in [-0.15, -0.1) is 0 Å². The summed E-state index contributed by atoms with van der Waals surface area (Å²) >= 11 is 0. The second-order valence-electron chi connectivity index (χ2n) is 5.67. The average Bonchev–Trinajstić information content (AvgIpc) is 2.66. The van der Waals surface area contributed by atoms with Crippen LogP contribution in [0.5, 0.6) is 11.5 Å². The number of carbonyl (C=O) groups excluding carboxylic acids is 1. The summed E-state index contributed by atoms with van der Waals surface area (Å²) in [6.07, 6.45) is 4.44. The molecule has 0 radical (unpaired) electrons. The van der Waals surface area contributed by atoms with E-state index >= 15 is 0 Å². The van der Waals surface area contributed by atoms with E-state index in [1.165, 1.54) is 18.2 Å². The third-order valence-corrected chi connectivity index (χ3v) is 4.93. The maximum absolute atomic E-state index is 13.0. The molecule has 0 unspecified atom stereocenters. The second-order valence-corrected chi connectivity index (χ2v) is 7.68. The Morgan fingerprint density at radius 2 is 2.00 bits per heavy atom. The lowest BCUT2D eigenvalue weighted by Crippen LogP contribution is -2.32. The van der Waals surface area contributed by atoms with Crippen molar-refractivity contribution in [2.24, 2.45) is 0 Å². The van der Waals surface area contributed by atoms with E-state index < -0.39 is 9.84 Å². The van der Waals surface area contributed by atoms with Crippen molar-refractivity contribution in [3.8, 4) is 11.5 Å². The van der Waals surface area contributed by atoms with Crippen LogP contribution in [0, 0.1) is 0 Å². The van der Waals surface area contributed by atoms with Gasteiger partial charge in [-0.25, -0.2) is 13.4 Å². The molecule has 6 nitrogen and oxygen atoms in total. The molecule has 3 rings (SSSR count). The fourth-order valence-corrected chi connectivity index (χ4v) is 3.19. The summed E-state index contributed by atoms with van der Waals surface area (Å²) in [5.41, 5.74) is 0.229. The van der Waals surface area contributed by atoms with Crippen molar-refractivity contribution in [2.45, 2.75) is 24.7 Å². The quantitative estimate of drug-likeness (QED) is 0.850. The lowest BCUT2D eigenvalue weighted by molar-refractivity contribution is 0.0986. The van der Waals surface area contributed by atoms with Crippen LogP contribution >= 0.6 is 0 Å². The molecule has 1 amide bonds. The maximum atomic E-state index is 13.0. The molecule has 0 saturated heterocycles. The Balaban J connectivity index is 2.16. The summed E-state index contributed by atoms with van der Waals surface area (Å²) in [5.74, 6) is 0.961. The van der Waals surface area contributed by atoms with E-state index in [0.29, 0.717) is 23.9 Å². The van der Waals surface area contributed by atoms with Gasteiger partial charge in [0, 0.05) is 19.0 Å². The van der Waals surface area contributed by atoms with Crippen molar-refractivity contribution in [3.63, 3.8) is 0 Å². The number of pyridine rings is 1. The standard InChI is InChI=1S/C17H18N2O4S/c1-3-4-10-19-16-15(6-5-9-18-16)23-14-8-7-12(24(2,21)22)11-13(14)17(19)20/h5-9,11H,3-4,10H2,1-2H3. The van der Waals surface area contributed by atoms with E-state index in [2.05, 4.69) is 4.98 Å². The number of amides is 1. The number of carbonyl (C=O) groups is 1. The number of sulfone groups is 1. The first-order chi connectivity index (χ1) is 11.4. The predicted octanol–water partition coefficient (Wildman–Crippen LogP) is 3.04. The summed E-state index contributed by atoms with van der Waals surface area (Å²) < 4.78 is 29.4. The number of anilines is 1. The first-order valence-electron chi connectivity index (χ1n) is 7.70. The zero-order valence-corrected chi connectivity index (χ0v) is 14.3. The summed E-state index contributed by atoms with van der Waals surface area (Å²) in [6, 6.07) is 7.81. The molecular weight excluding hydrogens is 328 g/mol. The van der Waals surface area contributed by atoms with Gasteiger partial charge in [-0.2, -0.15) is 0 Å². The number of hydrogen-bond donors (Lipinski definition) is 0. The Bertz CT molecular complexity index is 893. The Hall–Kier alpha value is -2.41. The minimum atomic E-state index is -3.42. The number of benzene rings is 1. The van der Waals surface area contributed by atoms with Crippen LogP contribution < -0.4 is 9.64 Å². The molecule has 24 heavy (non-hydrogen) atoms. The molecular formula is C17H18N2O4S. The van der Waals surface area contributed by atoms with Gasteiger partial charge in [-0.3, -0.25) is 9.69 Å². The fourth-order valence-electron chi connectivity index (χ4n) is 2.54.